The zero-order chi connectivity index (χ0) is 21.1. The second-order valence-corrected chi connectivity index (χ2v) is 7.72. The Morgan fingerprint density at radius 2 is 1.90 bits per heavy atom. The highest BCUT2D eigenvalue weighted by molar-refractivity contribution is 7.15. The Balaban J connectivity index is 1.49. The highest BCUT2D eigenvalue weighted by atomic mass is 32.1. The molecule has 4 rings (SSSR count). The third-order valence-electron chi connectivity index (χ3n) is 4.73. The van der Waals surface area contributed by atoms with Crippen LogP contribution in [0.5, 0.6) is 11.5 Å². The van der Waals surface area contributed by atoms with Gasteiger partial charge in [-0.25, -0.2) is 4.98 Å². The summed E-state index contributed by atoms with van der Waals surface area (Å²) in [5.41, 5.74) is 1.74. The molecule has 30 heavy (non-hydrogen) atoms. The van der Waals surface area contributed by atoms with E-state index in [1.807, 2.05) is 0 Å². The minimum absolute atomic E-state index is 0.106. The predicted molar refractivity (Wildman–Crippen MR) is 112 cm³/mol. The summed E-state index contributed by atoms with van der Waals surface area (Å²) in [6, 6.07) is 10.3. The summed E-state index contributed by atoms with van der Waals surface area (Å²) >= 11 is 1.38. The van der Waals surface area contributed by atoms with Gasteiger partial charge in [-0.2, -0.15) is 0 Å². The van der Waals surface area contributed by atoms with Gasteiger partial charge in [-0.05, 0) is 24.3 Å². The number of thiazole rings is 1. The molecular weight excluding hydrogens is 404 g/mol. The average molecular weight is 424 g/mol. The van der Waals surface area contributed by atoms with E-state index in [0.717, 1.165) is 10.6 Å². The number of pyridine rings is 1. The van der Waals surface area contributed by atoms with Crippen molar-refractivity contribution in [3.63, 3.8) is 0 Å². The topological polar surface area (TPSA) is 93.7 Å². The number of anilines is 1. The van der Waals surface area contributed by atoms with Crippen LogP contribution >= 0.6 is 11.3 Å². The molecule has 0 fully saturated rings. The molecule has 0 saturated heterocycles. The van der Waals surface area contributed by atoms with Crippen LogP contribution in [0.4, 0.5) is 5.13 Å². The number of nitrogens with one attached hydrogen (secondary N) is 1. The zero-order valence-electron chi connectivity index (χ0n) is 16.5. The Morgan fingerprint density at radius 3 is 2.57 bits per heavy atom. The fraction of sp³-hybridized carbons (Fsp3) is 0.238. The van der Waals surface area contributed by atoms with Crippen molar-refractivity contribution in [1.29, 1.82) is 0 Å². The lowest BCUT2D eigenvalue weighted by atomic mass is 10.1. The van der Waals surface area contributed by atoms with Crippen LogP contribution in [0.15, 0.2) is 42.6 Å². The van der Waals surface area contributed by atoms with Crippen LogP contribution in [0.25, 0.3) is 0 Å². The number of aromatic nitrogens is 2. The summed E-state index contributed by atoms with van der Waals surface area (Å²) in [7, 11) is 3.10. The van der Waals surface area contributed by atoms with Crippen molar-refractivity contribution >= 4 is 28.3 Å². The first kappa shape index (κ1) is 19.8. The van der Waals surface area contributed by atoms with Gasteiger partial charge in [0.05, 0.1) is 26.5 Å². The number of ether oxygens (including phenoxy) is 2. The fourth-order valence-electron chi connectivity index (χ4n) is 3.19. The average Bonchev–Trinajstić information content (AvgIpc) is 3.20. The monoisotopic (exact) mass is 424 g/mol. The first-order chi connectivity index (χ1) is 14.6. The SMILES string of the molecule is COc1cc(OC)cc(C(=O)N2CCc3nc(NC(=O)c4ccccn4)sc3C2)c1. The lowest BCUT2D eigenvalue weighted by Crippen LogP contribution is -2.35. The lowest BCUT2D eigenvalue weighted by molar-refractivity contribution is 0.0735. The quantitative estimate of drug-likeness (QED) is 0.677. The maximum absolute atomic E-state index is 13.0. The smallest absolute Gasteiger partial charge is 0.276 e. The number of amides is 2. The van der Waals surface area contributed by atoms with Crippen LogP contribution in [0.2, 0.25) is 0 Å². The van der Waals surface area contributed by atoms with E-state index in [-0.39, 0.29) is 11.8 Å². The molecule has 2 amide bonds. The standard InChI is InChI=1S/C21H20N4O4S/c1-28-14-9-13(10-15(11-14)29-2)20(27)25-8-6-16-18(12-25)30-21(23-16)24-19(26)17-5-3-4-7-22-17/h3-5,7,9-11H,6,8,12H2,1-2H3,(H,23,24,26). The normalized spacial score (nSPS) is 12.8. The third kappa shape index (κ3) is 4.11. The summed E-state index contributed by atoms with van der Waals surface area (Å²) in [5, 5.41) is 3.30. The first-order valence-electron chi connectivity index (χ1n) is 9.30. The molecule has 154 valence electrons. The number of benzene rings is 1. The van der Waals surface area contributed by atoms with E-state index >= 15 is 0 Å². The van der Waals surface area contributed by atoms with Gasteiger partial charge in [0.15, 0.2) is 5.13 Å². The summed E-state index contributed by atoms with van der Waals surface area (Å²) < 4.78 is 10.5. The molecule has 0 bridgehead atoms. The van der Waals surface area contributed by atoms with Crippen LogP contribution in [-0.4, -0.2) is 47.4 Å². The summed E-state index contributed by atoms with van der Waals surface area (Å²) in [6.07, 6.45) is 2.19. The van der Waals surface area contributed by atoms with Gasteiger partial charge in [0, 0.05) is 35.7 Å². The van der Waals surface area contributed by atoms with Gasteiger partial charge in [-0.1, -0.05) is 17.4 Å². The van der Waals surface area contributed by atoms with Crippen molar-refractivity contribution < 1.29 is 19.1 Å². The number of rotatable bonds is 5. The van der Waals surface area contributed by atoms with Gasteiger partial charge in [-0.3, -0.25) is 19.9 Å². The molecule has 0 atom stereocenters. The Kier molecular flexibility index (Phi) is 5.62. The number of carbonyl (C=O) groups is 2. The molecule has 1 aromatic carbocycles. The van der Waals surface area contributed by atoms with Gasteiger partial charge >= 0.3 is 0 Å². The molecule has 0 spiro atoms. The van der Waals surface area contributed by atoms with Gasteiger partial charge in [0.2, 0.25) is 0 Å². The first-order valence-corrected chi connectivity index (χ1v) is 10.1. The molecule has 2 aromatic heterocycles. The number of fused-ring (bicyclic) bond motifs is 1. The van der Waals surface area contributed by atoms with Gasteiger partial charge in [0.25, 0.3) is 11.8 Å². The molecule has 1 aliphatic rings. The molecular formula is C21H20N4O4S. The van der Waals surface area contributed by atoms with Crippen LogP contribution < -0.4 is 14.8 Å². The van der Waals surface area contributed by atoms with E-state index in [9.17, 15) is 9.59 Å². The Morgan fingerprint density at radius 1 is 1.13 bits per heavy atom. The molecule has 1 N–H and O–H groups in total. The fourth-order valence-corrected chi connectivity index (χ4v) is 4.21. The minimum Gasteiger partial charge on any atom is -0.497 e. The number of hydrogen-bond acceptors (Lipinski definition) is 7. The highest BCUT2D eigenvalue weighted by Crippen LogP contribution is 2.30. The second-order valence-electron chi connectivity index (χ2n) is 6.64. The van der Waals surface area contributed by atoms with E-state index in [1.165, 1.54) is 11.3 Å². The number of carbonyl (C=O) groups excluding carboxylic acids is 2. The van der Waals surface area contributed by atoms with E-state index < -0.39 is 0 Å². The van der Waals surface area contributed by atoms with Crippen LogP contribution in [-0.2, 0) is 13.0 Å². The molecule has 8 nitrogen and oxygen atoms in total. The van der Waals surface area contributed by atoms with Crippen molar-refractivity contribution in [3.05, 3.63) is 64.4 Å². The Bertz CT molecular complexity index is 1060. The van der Waals surface area contributed by atoms with Crippen molar-refractivity contribution in [2.45, 2.75) is 13.0 Å². The molecule has 9 heteroatoms. The van der Waals surface area contributed by atoms with Crippen molar-refractivity contribution in [1.82, 2.24) is 14.9 Å². The molecule has 0 aliphatic carbocycles. The molecule has 0 radical (unpaired) electrons. The minimum atomic E-state index is -0.307. The van der Waals surface area contributed by atoms with Crippen molar-refractivity contribution in [3.8, 4) is 11.5 Å². The van der Waals surface area contributed by atoms with Gasteiger partial charge in [-0.15, -0.1) is 0 Å². The van der Waals surface area contributed by atoms with Crippen LogP contribution in [0.3, 0.4) is 0 Å². The molecule has 0 saturated carbocycles. The van der Waals surface area contributed by atoms with E-state index in [2.05, 4.69) is 15.3 Å². The Labute approximate surface area is 177 Å². The zero-order valence-corrected chi connectivity index (χ0v) is 17.4. The predicted octanol–water partition coefficient (Wildman–Crippen LogP) is 3.01. The summed E-state index contributed by atoms with van der Waals surface area (Å²) in [5.74, 6) is 0.712. The van der Waals surface area contributed by atoms with Crippen LogP contribution in [0, 0.1) is 0 Å². The van der Waals surface area contributed by atoms with E-state index in [4.69, 9.17) is 9.47 Å². The second kappa shape index (κ2) is 8.50. The highest BCUT2D eigenvalue weighted by Gasteiger charge is 2.26. The Hall–Kier alpha value is -3.46. The van der Waals surface area contributed by atoms with E-state index in [0.29, 0.717) is 47.4 Å². The van der Waals surface area contributed by atoms with Gasteiger partial charge < -0.3 is 14.4 Å². The lowest BCUT2D eigenvalue weighted by Gasteiger charge is -2.26. The van der Waals surface area contributed by atoms with Crippen molar-refractivity contribution in [2.75, 3.05) is 26.1 Å². The number of methoxy groups -OCH3 is 2. The molecule has 1 aliphatic heterocycles. The van der Waals surface area contributed by atoms with Gasteiger partial charge in [0.1, 0.15) is 17.2 Å². The summed E-state index contributed by atoms with van der Waals surface area (Å²) in [6.45, 7) is 0.980. The maximum atomic E-state index is 13.0. The van der Waals surface area contributed by atoms with E-state index in [1.54, 1.807) is 61.7 Å². The van der Waals surface area contributed by atoms with Crippen LogP contribution in [0.1, 0.15) is 31.4 Å². The summed E-state index contributed by atoms with van der Waals surface area (Å²) in [4.78, 5) is 36.6. The molecule has 0 unspecified atom stereocenters. The maximum Gasteiger partial charge on any atom is 0.276 e. The van der Waals surface area contributed by atoms with Crippen molar-refractivity contribution in [2.24, 2.45) is 0 Å². The largest absolute Gasteiger partial charge is 0.497 e. The number of hydrogen-bond donors (Lipinski definition) is 1. The third-order valence-corrected chi connectivity index (χ3v) is 5.73. The molecule has 3 heterocycles. The molecule has 3 aromatic rings. The number of nitrogens with zero attached hydrogens (tertiary/aromatic N) is 3.